The summed E-state index contributed by atoms with van der Waals surface area (Å²) in [4.78, 5) is 13.7. The van der Waals surface area contributed by atoms with E-state index in [0.29, 0.717) is 0 Å². The lowest BCUT2D eigenvalue weighted by Gasteiger charge is -2.33. The smallest absolute Gasteiger partial charge is 0.411 e. The first-order valence-electron chi connectivity index (χ1n) is 5.96. The molecule has 1 aromatic rings. The molecule has 1 fully saturated rings. The number of nitrogens with zero attached hydrogens (tertiary/aromatic N) is 1. The zero-order valence-electron chi connectivity index (χ0n) is 10.8. The fourth-order valence-corrected chi connectivity index (χ4v) is 2.44. The summed E-state index contributed by atoms with van der Waals surface area (Å²) in [5.41, 5.74) is 0.847. The second-order valence-electron chi connectivity index (χ2n) is 5.50. The van der Waals surface area contributed by atoms with Crippen LogP contribution in [0, 0.1) is 0 Å². The molecule has 3 nitrogen and oxygen atoms in total. The zero-order valence-corrected chi connectivity index (χ0v) is 10.8. The Hall–Kier alpha value is -1.51. The van der Waals surface area contributed by atoms with Crippen molar-refractivity contribution in [2.75, 3.05) is 0 Å². The Morgan fingerprint density at radius 3 is 2.24 bits per heavy atom. The van der Waals surface area contributed by atoms with E-state index in [0.717, 1.165) is 5.56 Å². The van der Waals surface area contributed by atoms with E-state index in [1.165, 1.54) is 0 Å². The predicted molar refractivity (Wildman–Crippen MR) is 66.7 cm³/mol. The predicted octanol–water partition coefficient (Wildman–Crippen LogP) is 3.37. The number of ether oxygens (including phenoxy) is 1. The third kappa shape index (κ3) is 2.14. The molecule has 0 radical (unpaired) electrons. The average molecular weight is 233 g/mol. The van der Waals surface area contributed by atoms with Gasteiger partial charge in [-0.3, -0.25) is 4.90 Å². The molecular weight excluding hydrogens is 214 g/mol. The second-order valence-corrected chi connectivity index (χ2v) is 5.50. The maximum absolute atomic E-state index is 11.9. The van der Waals surface area contributed by atoms with E-state index in [9.17, 15) is 4.79 Å². The van der Waals surface area contributed by atoms with Crippen molar-refractivity contribution in [3.05, 3.63) is 35.9 Å². The van der Waals surface area contributed by atoms with Gasteiger partial charge in [0.05, 0.1) is 6.04 Å². The Labute approximate surface area is 102 Å². The highest BCUT2D eigenvalue weighted by Gasteiger charge is 2.44. The number of hydrogen-bond donors (Lipinski definition) is 0. The van der Waals surface area contributed by atoms with E-state index in [4.69, 9.17) is 4.74 Å². The molecule has 0 bridgehead atoms. The van der Waals surface area contributed by atoms with Crippen molar-refractivity contribution in [2.24, 2.45) is 0 Å². The molecule has 3 heteroatoms. The van der Waals surface area contributed by atoms with Gasteiger partial charge in [-0.1, -0.05) is 30.3 Å². The Morgan fingerprint density at radius 1 is 1.18 bits per heavy atom. The van der Waals surface area contributed by atoms with Gasteiger partial charge in [-0.2, -0.15) is 0 Å². The summed E-state index contributed by atoms with van der Waals surface area (Å²) < 4.78 is 5.49. The van der Waals surface area contributed by atoms with Crippen LogP contribution in [0.15, 0.2) is 30.3 Å². The van der Waals surface area contributed by atoms with Gasteiger partial charge in [-0.25, -0.2) is 4.79 Å². The minimum atomic E-state index is -0.223. The first-order chi connectivity index (χ1) is 7.91. The van der Waals surface area contributed by atoms with Gasteiger partial charge in [0.1, 0.15) is 6.10 Å². The standard InChI is InChI=1S/C14H19NO2/c1-10-12(11-8-6-5-7-9-11)17-13(16)15(10)14(2,3)4/h5-10,12H,1-4H3/t10-,12-/m1/s1. The SMILES string of the molecule is C[C@@H]1[C@H](c2ccccc2)OC(=O)N1C(C)(C)C. The van der Waals surface area contributed by atoms with Gasteiger partial charge < -0.3 is 4.74 Å². The monoisotopic (exact) mass is 233 g/mol. The summed E-state index contributed by atoms with van der Waals surface area (Å²) in [6.45, 7) is 8.11. The van der Waals surface area contributed by atoms with Crippen molar-refractivity contribution >= 4 is 6.09 Å². The highest BCUT2D eigenvalue weighted by molar-refractivity contribution is 5.72. The summed E-state index contributed by atoms with van der Waals surface area (Å²) in [6.07, 6.45) is -0.387. The lowest BCUT2D eigenvalue weighted by atomic mass is 9.99. The van der Waals surface area contributed by atoms with Crippen LogP contribution in [0.3, 0.4) is 0 Å². The van der Waals surface area contributed by atoms with E-state index in [-0.39, 0.29) is 23.8 Å². The van der Waals surface area contributed by atoms with E-state index in [1.807, 2.05) is 62.9 Å². The second kappa shape index (κ2) is 4.06. The number of benzene rings is 1. The third-order valence-electron chi connectivity index (χ3n) is 3.12. The zero-order chi connectivity index (χ0) is 12.6. The highest BCUT2D eigenvalue weighted by Crippen LogP contribution is 2.36. The summed E-state index contributed by atoms with van der Waals surface area (Å²) >= 11 is 0. The molecule has 0 unspecified atom stereocenters. The minimum absolute atomic E-state index is 0.0601. The molecule has 1 aromatic carbocycles. The van der Waals surface area contributed by atoms with Crippen molar-refractivity contribution in [1.29, 1.82) is 0 Å². The summed E-state index contributed by atoms with van der Waals surface area (Å²) in [5, 5.41) is 0. The van der Waals surface area contributed by atoms with E-state index < -0.39 is 0 Å². The molecule has 2 atom stereocenters. The molecule has 1 saturated heterocycles. The molecule has 1 amide bonds. The first kappa shape index (κ1) is 12.0. The highest BCUT2D eigenvalue weighted by atomic mass is 16.6. The Bertz CT molecular complexity index is 408. The van der Waals surface area contributed by atoms with Crippen LogP contribution in [0.5, 0.6) is 0 Å². The van der Waals surface area contributed by atoms with Crippen LogP contribution in [0.25, 0.3) is 0 Å². The Morgan fingerprint density at radius 2 is 1.76 bits per heavy atom. The molecule has 2 rings (SSSR count). The van der Waals surface area contributed by atoms with E-state index >= 15 is 0 Å². The quantitative estimate of drug-likeness (QED) is 0.744. The van der Waals surface area contributed by atoms with Gasteiger partial charge in [-0.05, 0) is 33.3 Å². The molecule has 1 aliphatic rings. The number of cyclic esters (lactones) is 1. The number of amides is 1. The fourth-order valence-electron chi connectivity index (χ4n) is 2.44. The Balaban J connectivity index is 2.28. The van der Waals surface area contributed by atoms with Crippen molar-refractivity contribution in [2.45, 2.75) is 45.4 Å². The molecule has 0 N–H and O–H groups in total. The average Bonchev–Trinajstić information content (AvgIpc) is 2.54. The maximum atomic E-state index is 11.9. The van der Waals surface area contributed by atoms with Crippen LogP contribution in [0.2, 0.25) is 0 Å². The topological polar surface area (TPSA) is 29.5 Å². The van der Waals surface area contributed by atoms with E-state index in [2.05, 4.69) is 0 Å². The molecule has 0 aromatic heterocycles. The fraction of sp³-hybridized carbons (Fsp3) is 0.500. The van der Waals surface area contributed by atoms with Crippen LogP contribution in [0.4, 0.5) is 4.79 Å². The van der Waals surface area contributed by atoms with Crippen molar-refractivity contribution in [1.82, 2.24) is 4.90 Å². The minimum Gasteiger partial charge on any atom is -0.439 e. The number of hydrogen-bond acceptors (Lipinski definition) is 2. The molecule has 92 valence electrons. The van der Waals surface area contributed by atoms with Crippen LogP contribution in [0.1, 0.15) is 39.4 Å². The number of rotatable bonds is 1. The van der Waals surface area contributed by atoms with Gasteiger partial charge in [0.2, 0.25) is 0 Å². The Kier molecular flexibility index (Phi) is 2.86. The van der Waals surface area contributed by atoms with Gasteiger partial charge >= 0.3 is 6.09 Å². The van der Waals surface area contributed by atoms with Crippen molar-refractivity contribution in [3.63, 3.8) is 0 Å². The molecule has 1 aliphatic heterocycles. The molecule has 17 heavy (non-hydrogen) atoms. The van der Waals surface area contributed by atoms with Gasteiger partial charge in [-0.15, -0.1) is 0 Å². The van der Waals surface area contributed by atoms with Gasteiger partial charge in [0, 0.05) is 5.54 Å². The molecular formula is C14H19NO2. The number of carbonyl (C=O) groups excluding carboxylic acids is 1. The molecule has 0 aliphatic carbocycles. The summed E-state index contributed by atoms with van der Waals surface area (Å²) in [6, 6.07) is 9.96. The van der Waals surface area contributed by atoms with Crippen molar-refractivity contribution < 1.29 is 9.53 Å². The van der Waals surface area contributed by atoms with Crippen LogP contribution >= 0.6 is 0 Å². The normalized spacial score (nSPS) is 24.9. The number of carbonyl (C=O) groups is 1. The largest absolute Gasteiger partial charge is 0.439 e. The lowest BCUT2D eigenvalue weighted by Crippen LogP contribution is -2.46. The lowest BCUT2D eigenvalue weighted by molar-refractivity contribution is 0.119. The molecule has 0 spiro atoms. The van der Waals surface area contributed by atoms with Crippen LogP contribution < -0.4 is 0 Å². The third-order valence-corrected chi connectivity index (χ3v) is 3.12. The van der Waals surface area contributed by atoms with Crippen LogP contribution in [-0.4, -0.2) is 22.6 Å². The van der Waals surface area contributed by atoms with Crippen LogP contribution in [-0.2, 0) is 4.74 Å². The summed E-state index contributed by atoms with van der Waals surface area (Å²) in [7, 11) is 0. The van der Waals surface area contributed by atoms with Gasteiger partial charge in [0.15, 0.2) is 0 Å². The first-order valence-corrected chi connectivity index (χ1v) is 5.96. The maximum Gasteiger partial charge on any atom is 0.411 e. The van der Waals surface area contributed by atoms with E-state index in [1.54, 1.807) is 0 Å². The van der Waals surface area contributed by atoms with Gasteiger partial charge in [0.25, 0.3) is 0 Å². The summed E-state index contributed by atoms with van der Waals surface area (Å²) in [5.74, 6) is 0. The van der Waals surface area contributed by atoms with Crippen molar-refractivity contribution in [3.8, 4) is 0 Å². The molecule has 0 saturated carbocycles. The molecule has 1 heterocycles.